The molecule has 0 unspecified atom stereocenters. The predicted molar refractivity (Wildman–Crippen MR) is 56.0 cm³/mol. The molecule has 0 atom stereocenters. The lowest BCUT2D eigenvalue weighted by atomic mass is 9.98. The molecule has 0 spiro atoms. The van der Waals surface area contributed by atoms with Crippen molar-refractivity contribution in [3.63, 3.8) is 0 Å². The fourth-order valence-corrected chi connectivity index (χ4v) is 1.52. The number of aromatic amines is 1. The van der Waals surface area contributed by atoms with E-state index in [-0.39, 0.29) is 27.1 Å². The number of rotatable bonds is 0. The first-order valence-electron chi connectivity index (χ1n) is 3.56. The Hall–Kier alpha value is -1.17. The van der Waals surface area contributed by atoms with Crippen molar-refractivity contribution in [3.05, 3.63) is 14.8 Å². The van der Waals surface area contributed by atoms with Gasteiger partial charge in [-0.2, -0.15) is 9.61 Å². The summed E-state index contributed by atoms with van der Waals surface area (Å²) in [5, 5.41) is 13.2. The first-order valence-corrected chi connectivity index (χ1v) is 4.36. The SMILES string of the molecule is [B]c1nn2c(O)c(Br)c([B])c2c(=O)[nH]1. The average Bonchev–Trinajstić information content (AvgIpc) is 2.31. The minimum atomic E-state index is -0.504. The van der Waals surface area contributed by atoms with E-state index in [9.17, 15) is 9.90 Å². The van der Waals surface area contributed by atoms with Gasteiger partial charge in [0, 0.05) is 0 Å². The topological polar surface area (TPSA) is 70.4 Å². The molecular weight excluding hydrogens is 248 g/mol. The van der Waals surface area contributed by atoms with E-state index in [0.717, 1.165) is 4.52 Å². The Morgan fingerprint density at radius 3 is 2.79 bits per heavy atom. The fourth-order valence-electron chi connectivity index (χ4n) is 1.16. The van der Waals surface area contributed by atoms with Gasteiger partial charge in [-0.05, 0) is 21.4 Å². The van der Waals surface area contributed by atoms with Crippen LogP contribution in [0.15, 0.2) is 9.27 Å². The van der Waals surface area contributed by atoms with Crippen molar-refractivity contribution in [2.45, 2.75) is 0 Å². The van der Waals surface area contributed by atoms with Gasteiger partial charge in [0.2, 0.25) is 5.88 Å². The summed E-state index contributed by atoms with van der Waals surface area (Å²) in [5.41, 5.74) is -0.420. The van der Waals surface area contributed by atoms with Gasteiger partial charge in [-0.15, -0.1) is 0 Å². The Morgan fingerprint density at radius 1 is 1.50 bits per heavy atom. The highest BCUT2D eigenvalue weighted by molar-refractivity contribution is 9.10. The van der Waals surface area contributed by atoms with Gasteiger partial charge < -0.3 is 10.1 Å². The zero-order valence-corrected chi connectivity index (χ0v) is 8.37. The molecule has 0 saturated heterocycles. The Kier molecular flexibility index (Phi) is 1.95. The van der Waals surface area contributed by atoms with E-state index in [2.05, 4.69) is 26.0 Å². The average molecular weight is 250 g/mol. The number of H-pyrrole nitrogens is 1. The number of nitrogens with one attached hydrogen (secondary N) is 1. The van der Waals surface area contributed by atoms with Gasteiger partial charge in [0.1, 0.15) is 13.4 Å². The molecule has 0 aliphatic heterocycles. The van der Waals surface area contributed by atoms with Crippen LogP contribution >= 0.6 is 15.9 Å². The van der Waals surface area contributed by atoms with E-state index in [0.29, 0.717) is 0 Å². The van der Waals surface area contributed by atoms with Crippen LogP contribution in [0.4, 0.5) is 0 Å². The third-order valence-electron chi connectivity index (χ3n) is 1.76. The molecular formula is C6H2B2BrN3O2. The van der Waals surface area contributed by atoms with Crippen molar-refractivity contribution < 1.29 is 5.11 Å². The van der Waals surface area contributed by atoms with Gasteiger partial charge in [0.05, 0.1) is 10.2 Å². The first-order chi connectivity index (χ1) is 6.52. The second kappa shape index (κ2) is 2.91. The first kappa shape index (κ1) is 9.39. The summed E-state index contributed by atoms with van der Waals surface area (Å²) in [6.45, 7) is 0. The van der Waals surface area contributed by atoms with Crippen molar-refractivity contribution in [3.8, 4) is 5.88 Å². The van der Waals surface area contributed by atoms with Crippen LogP contribution in [0.25, 0.3) is 5.52 Å². The van der Waals surface area contributed by atoms with Gasteiger partial charge in [0.15, 0.2) is 7.85 Å². The molecule has 0 bridgehead atoms. The predicted octanol–water partition coefficient (Wildman–Crippen LogP) is -1.92. The van der Waals surface area contributed by atoms with Gasteiger partial charge in [-0.25, -0.2) is 0 Å². The summed E-state index contributed by atoms with van der Waals surface area (Å²) in [6.07, 6.45) is 0. The van der Waals surface area contributed by atoms with Crippen LogP contribution in [0.2, 0.25) is 0 Å². The molecule has 0 fully saturated rings. The third kappa shape index (κ3) is 1.10. The molecule has 0 saturated carbocycles. The molecule has 2 heterocycles. The van der Waals surface area contributed by atoms with Crippen molar-refractivity contribution in [1.29, 1.82) is 0 Å². The largest absolute Gasteiger partial charge is 0.492 e. The molecule has 2 aromatic rings. The Balaban J connectivity index is 3.10. The van der Waals surface area contributed by atoms with Crippen LogP contribution in [0, 0.1) is 0 Å². The highest BCUT2D eigenvalue weighted by Gasteiger charge is 2.15. The lowest BCUT2D eigenvalue weighted by Gasteiger charge is -1.97. The molecule has 0 amide bonds. The van der Waals surface area contributed by atoms with Crippen LogP contribution in [-0.2, 0) is 0 Å². The number of nitrogens with zero attached hydrogens (tertiary/aromatic N) is 2. The van der Waals surface area contributed by atoms with Gasteiger partial charge in [0.25, 0.3) is 5.56 Å². The van der Waals surface area contributed by atoms with E-state index >= 15 is 0 Å². The van der Waals surface area contributed by atoms with Crippen molar-refractivity contribution in [1.82, 2.24) is 14.6 Å². The summed E-state index contributed by atoms with van der Waals surface area (Å²) in [5.74, 6) is -0.254. The van der Waals surface area contributed by atoms with Gasteiger partial charge in [-0.3, -0.25) is 4.79 Å². The summed E-state index contributed by atoms with van der Waals surface area (Å²) in [7, 11) is 10.9. The lowest BCUT2D eigenvalue weighted by Crippen LogP contribution is -2.29. The second-order valence-corrected chi connectivity index (χ2v) is 3.44. The summed E-state index contributed by atoms with van der Waals surface area (Å²) >= 11 is 3.02. The molecule has 2 N–H and O–H groups in total. The maximum Gasteiger partial charge on any atom is 0.274 e. The van der Waals surface area contributed by atoms with Crippen LogP contribution < -0.4 is 16.7 Å². The number of halogens is 1. The Labute approximate surface area is 89.1 Å². The van der Waals surface area contributed by atoms with Crippen LogP contribution in [-0.4, -0.2) is 35.4 Å². The van der Waals surface area contributed by atoms with Crippen molar-refractivity contribution in [2.24, 2.45) is 0 Å². The Bertz CT molecular complexity index is 576. The molecule has 0 aliphatic carbocycles. The summed E-state index contributed by atoms with van der Waals surface area (Å²) in [6, 6.07) is 0. The highest BCUT2D eigenvalue weighted by Crippen LogP contribution is 2.21. The second-order valence-electron chi connectivity index (χ2n) is 2.65. The summed E-state index contributed by atoms with van der Waals surface area (Å²) < 4.78 is 1.20. The fraction of sp³-hybridized carbons (Fsp3) is 0. The molecule has 14 heavy (non-hydrogen) atoms. The van der Waals surface area contributed by atoms with E-state index in [4.69, 9.17) is 15.7 Å². The quantitative estimate of drug-likeness (QED) is 0.535. The molecule has 66 valence electrons. The zero-order chi connectivity index (χ0) is 10.5. The molecule has 2 aromatic heterocycles. The van der Waals surface area contributed by atoms with E-state index < -0.39 is 5.56 Å². The van der Waals surface area contributed by atoms with Crippen molar-refractivity contribution >= 4 is 48.3 Å². The van der Waals surface area contributed by atoms with E-state index in [1.54, 1.807) is 0 Å². The maximum absolute atomic E-state index is 11.4. The molecule has 4 radical (unpaired) electrons. The van der Waals surface area contributed by atoms with Crippen LogP contribution in [0.5, 0.6) is 5.88 Å². The van der Waals surface area contributed by atoms with Crippen molar-refractivity contribution in [2.75, 3.05) is 0 Å². The summed E-state index contributed by atoms with van der Waals surface area (Å²) in [4.78, 5) is 13.7. The monoisotopic (exact) mass is 249 g/mol. The highest BCUT2D eigenvalue weighted by atomic mass is 79.9. The number of fused-ring (bicyclic) bond motifs is 1. The molecule has 0 aromatic carbocycles. The number of hydrogen-bond donors (Lipinski definition) is 2. The molecule has 5 nitrogen and oxygen atoms in total. The molecule has 8 heteroatoms. The third-order valence-corrected chi connectivity index (χ3v) is 2.55. The molecule has 2 rings (SSSR count). The van der Waals surface area contributed by atoms with Crippen LogP contribution in [0.3, 0.4) is 0 Å². The number of aromatic nitrogens is 3. The smallest absolute Gasteiger partial charge is 0.274 e. The molecule has 0 aliphatic rings. The van der Waals surface area contributed by atoms with E-state index in [1.807, 2.05) is 0 Å². The minimum absolute atomic E-state index is 0.0589. The lowest BCUT2D eigenvalue weighted by molar-refractivity contribution is 0.436. The van der Waals surface area contributed by atoms with Gasteiger partial charge >= 0.3 is 0 Å². The van der Waals surface area contributed by atoms with E-state index in [1.165, 1.54) is 0 Å². The van der Waals surface area contributed by atoms with Crippen LogP contribution in [0.1, 0.15) is 0 Å². The normalized spacial score (nSPS) is 10.9. The van der Waals surface area contributed by atoms with Gasteiger partial charge in [-0.1, -0.05) is 0 Å². The Morgan fingerprint density at radius 2 is 2.14 bits per heavy atom. The zero-order valence-electron chi connectivity index (χ0n) is 6.78. The number of aromatic hydroxyl groups is 1. The number of hydrogen-bond acceptors (Lipinski definition) is 3. The standard InChI is InChI=1S/C6H2B2BrN3O2/c7-1-2(9)5(14)12-3(1)4(13)10-6(8)11-12/h14H,(H,10,11,13). The minimum Gasteiger partial charge on any atom is -0.492 e. The maximum atomic E-state index is 11.4.